The fraction of sp³-hybridized carbons (Fsp3) is 0.333. The van der Waals surface area contributed by atoms with E-state index < -0.39 is 5.97 Å². The van der Waals surface area contributed by atoms with Crippen molar-refractivity contribution in [2.45, 2.75) is 19.8 Å². The molecule has 0 unspecified atom stereocenters. The average Bonchev–Trinajstić information content (AvgIpc) is 2.85. The minimum absolute atomic E-state index is 0.318. The van der Waals surface area contributed by atoms with Crippen LogP contribution in [-0.2, 0) is 6.42 Å². The third-order valence-electron chi connectivity index (χ3n) is 2.88. The summed E-state index contributed by atoms with van der Waals surface area (Å²) in [6.45, 7) is 2.27. The van der Waals surface area contributed by atoms with Crippen molar-refractivity contribution in [2.75, 3.05) is 13.7 Å². The highest BCUT2D eigenvalue weighted by molar-refractivity contribution is 7.13. The largest absolute Gasteiger partial charge is 0.497 e. The van der Waals surface area contributed by atoms with Crippen LogP contribution in [0.4, 0.5) is 0 Å². The highest BCUT2D eigenvalue weighted by Crippen LogP contribution is 2.21. The van der Waals surface area contributed by atoms with E-state index in [0.717, 1.165) is 22.9 Å². The first-order chi connectivity index (χ1) is 10.1. The van der Waals surface area contributed by atoms with Crippen LogP contribution in [0.2, 0.25) is 0 Å². The van der Waals surface area contributed by atoms with Crippen LogP contribution in [0, 0.1) is 6.92 Å². The summed E-state index contributed by atoms with van der Waals surface area (Å²) < 4.78 is 10.8. The number of hydrogen-bond acceptors (Lipinski definition) is 5. The SMILES string of the molecule is COc1cccc(OCCCc2nc(C)c(C(=O)O)s2)c1. The van der Waals surface area contributed by atoms with Crippen LogP contribution in [0.5, 0.6) is 11.5 Å². The van der Waals surface area contributed by atoms with E-state index in [2.05, 4.69) is 4.98 Å². The number of nitrogens with zero attached hydrogens (tertiary/aromatic N) is 1. The number of carboxylic acid groups (broad SMARTS) is 1. The third-order valence-corrected chi connectivity index (χ3v) is 4.09. The maximum atomic E-state index is 10.9. The number of methoxy groups -OCH3 is 1. The summed E-state index contributed by atoms with van der Waals surface area (Å²) in [5, 5.41) is 9.82. The van der Waals surface area contributed by atoms with Gasteiger partial charge in [0.25, 0.3) is 0 Å². The molecule has 0 spiro atoms. The van der Waals surface area contributed by atoms with Crippen molar-refractivity contribution in [3.63, 3.8) is 0 Å². The zero-order valence-electron chi connectivity index (χ0n) is 12.0. The molecule has 0 saturated heterocycles. The third kappa shape index (κ3) is 4.19. The first-order valence-corrected chi connectivity index (χ1v) is 7.38. The Hall–Kier alpha value is -2.08. The monoisotopic (exact) mass is 307 g/mol. The Bertz CT molecular complexity index is 624. The normalized spacial score (nSPS) is 10.4. The van der Waals surface area contributed by atoms with Crippen molar-refractivity contribution < 1.29 is 19.4 Å². The molecule has 1 heterocycles. The van der Waals surface area contributed by atoms with E-state index in [1.807, 2.05) is 24.3 Å². The van der Waals surface area contributed by atoms with Gasteiger partial charge < -0.3 is 14.6 Å². The van der Waals surface area contributed by atoms with Crippen molar-refractivity contribution in [1.29, 1.82) is 0 Å². The summed E-state index contributed by atoms with van der Waals surface area (Å²) in [5.74, 6) is 0.605. The quantitative estimate of drug-likeness (QED) is 0.796. The average molecular weight is 307 g/mol. The van der Waals surface area contributed by atoms with Gasteiger partial charge in [-0.1, -0.05) is 6.07 Å². The number of rotatable bonds is 7. The summed E-state index contributed by atoms with van der Waals surface area (Å²) in [7, 11) is 1.62. The summed E-state index contributed by atoms with van der Waals surface area (Å²) in [6.07, 6.45) is 1.49. The molecule has 1 aromatic carbocycles. The maximum absolute atomic E-state index is 10.9. The molecule has 1 aromatic heterocycles. The predicted octanol–water partition coefficient (Wildman–Crippen LogP) is 3.17. The minimum atomic E-state index is -0.913. The van der Waals surface area contributed by atoms with Gasteiger partial charge in [-0.05, 0) is 25.5 Å². The summed E-state index contributed by atoms with van der Waals surface area (Å²) in [5.41, 5.74) is 0.580. The minimum Gasteiger partial charge on any atom is -0.497 e. The van der Waals surface area contributed by atoms with Crippen molar-refractivity contribution in [3.05, 3.63) is 39.8 Å². The number of hydrogen-bond donors (Lipinski definition) is 1. The van der Waals surface area contributed by atoms with Crippen LogP contribution in [0.3, 0.4) is 0 Å². The molecule has 0 aliphatic heterocycles. The van der Waals surface area contributed by atoms with Gasteiger partial charge in [0.05, 0.1) is 24.4 Å². The number of aromatic nitrogens is 1. The molecule has 0 radical (unpaired) electrons. The smallest absolute Gasteiger partial charge is 0.347 e. The molecule has 0 bridgehead atoms. The summed E-state index contributed by atoms with van der Waals surface area (Å²) in [6, 6.07) is 7.44. The second-order valence-corrected chi connectivity index (χ2v) is 5.54. The first-order valence-electron chi connectivity index (χ1n) is 6.56. The molecule has 5 nitrogen and oxygen atoms in total. The van der Waals surface area contributed by atoms with E-state index >= 15 is 0 Å². The zero-order chi connectivity index (χ0) is 15.2. The van der Waals surface area contributed by atoms with E-state index in [9.17, 15) is 4.79 Å². The fourth-order valence-electron chi connectivity index (χ4n) is 1.86. The molecule has 21 heavy (non-hydrogen) atoms. The highest BCUT2D eigenvalue weighted by atomic mass is 32.1. The number of carboxylic acids is 1. The van der Waals surface area contributed by atoms with Crippen molar-refractivity contribution >= 4 is 17.3 Å². The molecule has 0 amide bonds. The lowest BCUT2D eigenvalue weighted by Gasteiger charge is -2.06. The molecular weight excluding hydrogens is 290 g/mol. The van der Waals surface area contributed by atoms with Crippen LogP contribution in [0.25, 0.3) is 0 Å². The standard InChI is InChI=1S/C15H17NO4S/c1-10-14(15(17)18)21-13(16-10)7-4-8-20-12-6-3-5-11(9-12)19-2/h3,5-6,9H,4,7-8H2,1-2H3,(H,17,18). The Morgan fingerprint density at radius 1 is 1.38 bits per heavy atom. The number of carbonyl (C=O) groups is 1. The van der Waals surface area contributed by atoms with Gasteiger partial charge in [-0.15, -0.1) is 11.3 Å². The van der Waals surface area contributed by atoms with Gasteiger partial charge in [0.1, 0.15) is 16.4 Å². The number of benzene rings is 1. The lowest BCUT2D eigenvalue weighted by Crippen LogP contribution is -1.99. The molecule has 0 atom stereocenters. The van der Waals surface area contributed by atoms with Gasteiger partial charge >= 0.3 is 5.97 Å². The second kappa shape index (κ2) is 7.08. The lowest BCUT2D eigenvalue weighted by molar-refractivity contribution is 0.0701. The molecule has 0 aliphatic carbocycles. The van der Waals surface area contributed by atoms with E-state index in [1.54, 1.807) is 14.0 Å². The van der Waals surface area contributed by atoms with Crippen LogP contribution in [0.1, 0.15) is 26.8 Å². The van der Waals surface area contributed by atoms with Crippen molar-refractivity contribution in [2.24, 2.45) is 0 Å². The maximum Gasteiger partial charge on any atom is 0.347 e. The Morgan fingerprint density at radius 3 is 2.81 bits per heavy atom. The lowest BCUT2D eigenvalue weighted by atomic mass is 10.3. The molecule has 2 rings (SSSR count). The Labute approximate surface area is 127 Å². The molecule has 0 fully saturated rings. The highest BCUT2D eigenvalue weighted by Gasteiger charge is 2.13. The molecule has 1 N–H and O–H groups in total. The molecule has 112 valence electrons. The van der Waals surface area contributed by atoms with Crippen LogP contribution < -0.4 is 9.47 Å². The molecule has 0 saturated carbocycles. The number of thiazole rings is 1. The van der Waals surface area contributed by atoms with Crippen LogP contribution in [-0.4, -0.2) is 29.8 Å². The molecular formula is C15H17NO4S. The molecule has 2 aromatic rings. The second-order valence-electron chi connectivity index (χ2n) is 4.46. The predicted molar refractivity (Wildman–Crippen MR) is 80.6 cm³/mol. The van der Waals surface area contributed by atoms with Crippen LogP contribution >= 0.6 is 11.3 Å². The summed E-state index contributed by atoms with van der Waals surface area (Å²) >= 11 is 1.23. The van der Waals surface area contributed by atoms with Gasteiger partial charge in [0.2, 0.25) is 0 Å². The summed E-state index contributed by atoms with van der Waals surface area (Å²) in [4.78, 5) is 15.5. The number of ether oxygens (including phenoxy) is 2. The van der Waals surface area contributed by atoms with Gasteiger partial charge in [-0.2, -0.15) is 0 Å². The first kappa shape index (κ1) is 15.3. The van der Waals surface area contributed by atoms with Crippen molar-refractivity contribution in [3.8, 4) is 11.5 Å². The van der Waals surface area contributed by atoms with E-state index in [0.29, 0.717) is 23.6 Å². The Morgan fingerprint density at radius 2 is 2.14 bits per heavy atom. The van der Waals surface area contributed by atoms with Crippen molar-refractivity contribution in [1.82, 2.24) is 4.98 Å². The molecule has 6 heteroatoms. The van der Waals surface area contributed by atoms with Gasteiger partial charge in [0.15, 0.2) is 0 Å². The topological polar surface area (TPSA) is 68.7 Å². The van der Waals surface area contributed by atoms with Crippen LogP contribution in [0.15, 0.2) is 24.3 Å². The molecule has 0 aliphatic rings. The van der Waals surface area contributed by atoms with E-state index in [1.165, 1.54) is 11.3 Å². The van der Waals surface area contributed by atoms with E-state index in [-0.39, 0.29) is 0 Å². The van der Waals surface area contributed by atoms with Gasteiger partial charge in [-0.3, -0.25) is 0 Å². The number of aromatic carboxylic acids is 1. The number of aryl methyl sites for hydroxylation is 2. The Kier molecular flexibility index (Phi) is 5.16. The fourth-order valence-corrected chi connectivity index (χ4v) is 2.81. The Balaban J connectivity index is 1.81. The van der Waals surface area contributed by atoms with Gasteiger partial charge in [-0.25, -0.2) is 9.78 Å². The van der Waals surface area contributed by atoms with Gasteiger partial charge in [0, 0.05) is 12.5 Å². The van der Waals surface area contributed by atoms with E-state index in [4.69, 9.17) is 14.6 Å². The zero-order valence-corrected chi connectivity index (χ0v) is 12.8.